The summed E-state index contributed by atoms with van der Waals surface area (Å²) in [6.07, 6.45) is -0.857. The summed E-state index contributed by atoms with van der Waals surface area (Å²) in [4.78, 5) is 93.3. The Balaban J connectivity index is 0.728. The summed E-state index contributed by atoms with van der Waals surface area (Å²) in [5.74, 6) is -1.68. The van der Waals surface area contributed by atoms with Crippen LogP contribution in [0.1, 0.15) is 98.6 Å². The molecule has 12 rings (SSSR count). The molecule has 4 N–H and O–H groups in total. The van der Waals surface area contributed by atoms with Crippen LogP contribution in [0.5, 0.6) is 0 Å². The SMILES string of the molecule is C[C@@H](OCCO[C@H](C)[C@H](NC(=O)[C@H](C)N(C)C(=O)OCC1c2ccccc2-c2ccccc21)C(=O)N1CCC[C@H]1Cn1nnnc1NCc1ccccc1)[C@H](NC(=O)[C@H](C)N(C)C(=O)OCC1c2ccccc2-c2ccccc21)C(=O)N1CCC[C@H]1Cn1nnnc1NCc1ccccc1. The molecule has 6 amide bonds. The Bertz CT molecular complexity index is 3800. The molecule has 2 aliphatic carbocycles. The fourth-order valence-electron chi connectivity index (χ4n) is 13.9. The number of hydrogen-bond donors (Lipinski definition) is 4. The van der Waals surface area contributed by atoms with Crippen LogP contribution < -0.4 is 21.3 Å². The number of likely N-dealkylation sites (tertiary alicyclic amines) is 2. The van der Waals surface area contributed by atoms with Crippen molar-refractivity contribution in [2.45, 2.75) is 140 Å². The second-order valence-corrected chi connectivity index (χ2v) is 26.0. The predicted molar refractivity (Wildman–Crippen MR) is 372 cm³/mol. The normalized spacial score (nSPS) is 17.1. The van der Waals surface area contributed by atoms with E-state index >= 15 is 9.59 Å². The average molecular weight is 1360 g/mol. The van der Waals surface area contributed by atoms with Crippen molar-refractivity contribution in [1.29, 1.82) is 0 Å². The van der Waals surface area contributed by atoms with Gasteiger partial charge in [0.25, 0.3) is 0 Å². The molecule has 0 radical (unpaired) electrons. The van der Waals surface area contributed by atoms with Gasteiger partial charge in [-0.15, -0.1) is 0 Å². The second kappa shape index (κ2) is 31.9. The molecule has 522 valence electrons. The maximum absolute atomic E-state index is 15.2. The lowest BCUT2D eigenvalue weighted by Gasteiger charge is -2.34. The lowest BCUT2D eigenvalue weighted by Crippen LogP contribution is -2.59. The highest BCUT2D eigenvalue weighted by atomic mass is 16.6. The minimum Gasteiger partial charge on any atom is -0.448 e. The molecular formula is C74H86N16O10. The fraction of sp³-hybridized carbons (Fsp3) is 0.405. The molecule has 6 aromatic carbocycles. The Kier molecular flexibility index (Phi) is 22.1. The highest BCUT2D eigenvalue weighted by Gasteiger charge is 2.42. The molecule has 0 bridgehead atoms. The van der Waals surface area contributed by atoms with Crippen LogP contribution in [0, 0.1) is 0 Å². The van der Waals surface area contributed by atoms with E-state index in [2.05, 4.69) is 76.6 Å². The number of amides is 6. The van der Waals surface area contributed by atoms with Crippen LogP contribution in [-0.2, 0) is 64.3 Å². The smallest absolute Gasteiger partial charge is 0.410 e. The Hall–Kier alpha value is -10.6. The summed E-state index contributed by atoms with van der Waals surface area (Å²) in [5.41, 5.74) is 10.5. The zero-order valence-electron chi connectivity index (χ0n) is 57.1. The lowest BCUT2D eigenvalue weighted by molar-refractivity contribution is -0.145. The first-order valence-corrected chi connectivity index (χ1v) is 34.3. The quantitative estimate of drug-likeness (QED) is 0.0324. The molecular weight excluding hydrogens is 1270 g/mol. The topological polar surface area (TPSA) is 288 Å². The van der Waals surface area contributed by atoms with Crippen molar-refractivity contribution in [3.05, 3.63) is 191 Å². The first-order valence-electron chi connectivity index (χ1n) is 34.3. The van der Waals surface area contributed by atoms with Gasteiger partial charge >= 0.3 is 12.2 Å². The number of aromatic nitrogens is 8. The van der Waals surface area contributed by atoms with E-state index in [0.29, 0.717) is 63.8 Å². The number of likely N-dealkylation sites (N-methyl/N-ethyl adjacent to an activating group) is 2. The Morgan fingerprint density at radius 3 is 1.18 bits per heavy atom. The Morgan fingerprint density at radius 2 is 0.820 bits per heavy atom. The third kappa shape index (κ3) is 15.6. The van der Waals surface area contributed by atoms with E-state index in [1.807, 2.05) is 133 Å². The number of tetrazole rings is 2. The van der Waals surface area contributed by atoms with Gasteiger partial charge in [0.05, 0.1) is 50.6 Å². The first-order chi connectivity index (χ1) is 48.6. The van der Waals surface area contributed by atoms with Gasteiger partial charge in [-0.2, -0.15) is 0 Å². The van der Waals surface area contributed by atoms with Crippen molar-refractivity contribution in [3.8, 4) is 22.3 Å². The molecule has 2 aromatic heterocycles. The number of carbonyl (C=O) groups excluding carboxylic acids is 6. The number of nitrogens with zero attached hydrogens (tertiary/aromatic N) is 12. The predicted octanol–water partition coefficient (Wildman–Crippen LogP) is 7.88. The van der Waals surface area contributed by atoms with E-state index in [-0.39, 0.29) is 63.4 Å². The molecule has 4 aliphatic rings. The van der Waals surface area contributed by atoms with Crippen molar-refractivity contribution in [2.24, 2.45) is 0 Å². The summed E-state index contributed by atoms with van der Waals surface area (Å²) in [6, 6.07) is 46.2. The van der Waals surface area contributed by atoms with E-state index < -0.39 is 72.2 Å². The van der Waals surface area contributed by atoms with Crippen LogP contribution >= 0.6 is 0 Å². The average Bonchev–Trinajstić information content (AvgIpc) is 1.62. The molecule has 4 heterocycles. The molecule has 26 nitrogen and oxygen atoms in total. The van der Waals surface area contributed by atoms with Gasteiger partial charge in [-0.05, 0) is 130 Å². The molecule has 2 aliphatic heterocycles. The summed E-state index contributed by atoms with van der Waals surface area (Å²) in [6.45, 7) is 8.45. The lowest BCUT2D eigenvalue weighted by atomic mass is 9.98. The third-order valence-electron chi connectivity index (χ3n) is 19.8. The molecule has 2 fully saturated rings. The maximum atomic E-state index is 15.2. The van der Waals surface area contributed by atoms with Crippen LogP contribution in [0.15, 0.2) is 158 Å². The first kappa shape index (κ1) is 69.3. The second-order valence-electron chi connectivity index (χ2n) is 26.0. The maximum Gasteiger partial charge on any atom is 0.410 e. The van der Waals surface area contributed by atoms with Gasteiger partial charge in [0.1, 0.15) is 37.4 Å². The van der Waals surface area contributed by atoms with Gasteiger partial charge in [-0.3, -0.25) is 29.0 Å². The minimum atomic E-state index is -1.28. The molecule has 0 spiro atoms. The van der Waals surface area contributed by atoms with Gasteiger partial charge in [0.15, 0.2) is 0 Å². The van der Waals surface area contributed by atoms with E-state index in [0.717, 1.165) is 55.6 Å². The molecule has 8 aromatic rings. The van der Waals surface area contributed by atoms with Crippen LogP contribution in [0.4, 0.5) is 21.5 Å². The largest absolute Gasteiger partial charge is 0.448 e. The summed E-state index contributed by atoms with van der Waals surface area (Å²) in [5, 5.41) is 37.4. The van der Waals surface area contributed by atoms with Gasteiger partial charge in [0, 0.05) is 52.1 Å². The highest BCUT2D eigenvalue weighted by Crippen LogP contribution is 2.46. The number of benzene rings is 6. The fourth-order valence-corrected chi connectivity index (χ4v) is 13.9. The van der Waals surface area contributed by atoms with Crippen molar-refractivity contribution in [1.82, 2.24) is 70.6 Å². The Labute approximate surface area is 581 Å². The minimum absolute atomic E-state index is 0.0377. The standard InChI is InChI=1S/C74H86N16O10/c1-47(85(5)73(95)99-45-63-59-33-17-13-29-55(59)56-30-14-18-34-60(56)63)67(91)77-65(69(93)87-37-21-27-53(87)43-89-71(79-81-83-89)75-41-51-23-9-7-10-24-51)49(3)97-39-40-98-50(4)66(70(94)88-38-22-28-54(88)44-90-72(80-82-84-90)76-42-52-25-11-8-12-26-52)78-68(92)48(2)86(6)74(96)100-46-64-61-35-19-15-31-57(61)58-32-16-20-36-62(58)64/h7-20,23-26,29-36,47-50,53-54,63-66H,21-22,27-28,37-46H2,1-6H3,(H,77,91)(H,78,92)(H,75,79,83)(H,76,80,84)/t47-,48-,49+,50+,53-,54-,65-,66-/m0/s1. The molecule has 26 heteroatoms. The van der Waals surface area contributed by atoms with E-state index in [1.54, 1.807) is 46.9 Å². The van der Waals surface area contributed by atoms with Crippen LogP contribution in [0.25, 0.3) is 22.3 Å². The number of hydrogen-bond acceptors (Lipinski definition) is 18. The zero-order valence-corrected chi connectivity index (χ0v) is 57.1. The van der Waals surface area contributed by atoms with Crippen molar-refractivity contribution in [2.75, 3.05) is 64.2 Å². The van der Waals surface area contributed by atoms with Crippen molar-refractivity contribution in [3.63, 3.8) is 0 Å². The molecule has 8 atom stereocenters. The number of fused-ring (bicyclic) bond motifs is 6. The summed E-state index contributed by atoms with van der Waals surface area (Å²) in [7, 11) is 2.96. The monoisotopic (exact) mass is 1360 g/mol. The third-order valence-corrected chi connectivity index (χ3v) is 19.8. The highest BCUT2D eigenvalue weighted by molar-refractivity contribution is 5.93. The van der Waals surface area contributed by atoms with Crippen LogP contribution in [0.2, 0.25) is 0 Å². The zero-order chi connectivity index (χ0) is 69.8. The van der Waals surface area contributed by atoms with Crippen LogP contribution in [-0.4, -0.2) is 198 Å². The van der Waals surface area contributed by atoms with Gasteiger partial charge in [-0.25, -0.2) is 19.0 Å². The van der Waals surface area contributed by atoms with E-state index in [4.69, 9.17) is 18.9 Å². The number of nitrogens with one attached hydrogen (secondary N) is 4. The Morgan fingerprint density at radius 1 is 0.480 bits per heavy atom. The van der Waals surface area contributed by atoms with Crippen LogP contribution in [0.3, 0.4) is 0 Å². The summed E-state index contributed by atoms with van der Waals surface area (Å²) < 4.78 is 28.1. The van der Waals surface area contributed by atoms with Gasteiger partial charge in [-0.1, -0.05) is 168 Å². The molecule has 0 saturated carbocycles. The van der Waals surface area contributed by atoms with Gasteiger partial charge < -0.3 is 50.0 Å². The van der Waals surface area contributed by atoms with Crippen molar-refractivity contribution >= 4 is 47.7 Å². The van der Waals surface area contributed by atoms with Crippen molar-refractivity contribution < 1.29 is 47.7 Å². The number of carbonyl (C=O) groups is 6. The number of anilines is 2. The molecule has 100 heavy (non-hydrogen) atoms. The number of rotatable bonds is 29. The van der Waals surface area contributed by atoms with Gasteiger partial charge in [0.2, 0.25) is 35.5 Å². The van der Waals surface area contributed by atoms with E-state index in [9.17, 15) is 19.2 Å². The number of ether oxygens (including phenoxy) is 4. The molecule has 0 unspecified atom stereocenters. The van der Waals surface area contributed by atoms with E-state index in [1.165, 1.54) is 23.9 Å². The molecule has 2 saturated heterocycles. The summed E-state index contributed by atoms with van der Waals surface area (Å²) >= 11 is 0.